The molecule has 3 heterocycles. The molecule has 5 aliphatic rings. The maximum absolute atomic E-state index is 12.0. The summed E-state index contributed by atoms with van der Waals surface area (Å²) in [6, 6.07) is 0.452. The largest absolute Gasteiger partial charge is 0.389 e. The molecule has 0 aromatic heterocycles. The van der Waals surface area contributed by atoms with Crippen LogP contribution in [0.2, 0.25) is 0 Å². The number of alkyl halides is 1. The zero-order valence-corrected chi connectivity index (χ0v) is 27.1. The standard InChI is InChI=1S/C33H60ClN3O4/c1-31(2)21-37(18-15-33(31,39)22-9-11-23(34)12-10-22)17-6-8-25-26-7-5-16-36-28(26)20-40-29-14-13-24(19-27(25)29)41-32(3,4)30(35)38/h22-30,36,38-39H,5-21,35H2,1-4H3/t22?,23?,24?,25-,26?,27-,28-,29?,30?,33?/m1/s1. The first-order valence-corrected chi connectivity index (χ1v) is 17.4. The Bertz CT molecular complexity index is 850. The lowest BCUT2D eigenvalue weighted by Crippen LogP contribution is -2.61. The molecule has 8 atom stereocenters. The molecular formula is C33H60ClN3O4. The molecule has 0 bridgehead atoms. The van der Waals surface area contributed by atoms with Gasteiger partial charge in [0.05, 0.1) is 24.4 Å². The maximum atomic E-state index is 12.0. The molecule has 238 valence electrons. The molecule has 5 fully saturated rings. The topological polar surface area (TPSA) is 100 Å². The molecule has 2 aliphatic carbocycles. The van der Waals surface area contributed by atoms with Gasteiger partial charge in [-0.25, -0.2) is 0 Å². The van der Waals surface area contributed by atoms with Gasteiger partial charge in [0.2, 0.25) is 0 Å². The highest BCUT2D eigenvalue weighted by Crippen LogP contribution is 2.49. The number of piperidine rings is 2. The van der Waals surface area contributed by atoms with E-state index in [-0.39, 0.29) is 16.9 Å². The van der Waals surface area contributed by atoms with Crippen LogP contribution in [0.3, 0.4) is 0 Å². The van der Waals surface area contributed by atoms with Gasteiger partial charge in [0.25, 0.3) is 0 Å². The van der Waals surface area contributed by atoms with Gasteiger partial charge in [-0.05, 0) is 128 Å². The molecule has 5 N–H and O–H groups in total. The van der Waals surface area contributed by atoms with Gasteiger partial charge in [-0.15, -0.1) is 11.6 Å². The van der Waals surface area contributed by atoms with Gasteiger partial charge in [0.15, 0.2) is 0 Å². The smallest absolute Gasteiger partial charge is 0.131 e. The van der Waals surface area contributed by atoms with E-state index < -0.39 is 17.4 Å². The zero-order chi connectivity index (χ0) is 29.4. The monoisotopic (exact) mass is 597 g/mol. The average molecular weight is 598 g/mol. The van der Waals surface area contributed by atoms with Gasteiger partial charge in [0.1, 0.15) is 11.8 Å². The molecule has 7 nitrogen and oxygen atoms in total. The summed E-state index contributed by atoms with van der Waals surface area (Å²) in [5, 5.41) is 26.1. The van der Waals surface area contributed by atoms with Crippen molar-refractivity contribution in [3.05, 3.63) is 0 Å². The third-order valence-electron chi connectivity index (χ3n) is 12.1. The number of aliphatic hydroxyl groups excluding tert-OH is 1. The summed E-state index contributed by atoms with van der Waals surface area (Å²) in [6.07, 6.45) is 12.4. The second-order valence-electron chi connectivity index (χ2n) is 15.6. The van der Waals surface area contributed by atoms with Gasteiger partial charge in [-0.1, -0.05) is 13.8 Å². The molecule has 0 amide bonds. The van der Waals surface area contributed by atoms with Gasteiger partial charge in [0, 0.05) is 29.9 Å². The third kappa shape index (κ3) is 7.13. The summed E-state index contributed by atoms with van der Waals surface area (Å²) in [4.78, 5) is 2.63. The van der Waals surface area contributed by atoms with E-state index in [1.165, 1.54) is 25.7 Å². The molecule has 5 unspecified atom stereocenters. The lowest BCUT2D eigenvalue weighted by molar-refractivity contribution is -0.162. The minimum Gasteiger partial charge on any atom is -0.389 e. The van der Waals surface area contributed by atoms with Gasteiger partial charge in [-0.3, -0.25) is 0 Å². The number of ether oxygens (including phenoxy) is 2. The molecule has 3 saturated heterocycles. The third-order valence-corrected chi connectivity index (χ3v) is 12.6. The van der Waals surface area contributed by atoms with Crippen molar-refractivity contribution >= 4 is 11.6 Å². The number of aliphatic hydroxyl groups is 2. The maximum Gasteiger partial charge on any atom is 0.131 e. The first-order valence-electron chi connectivity index (χ1n) is 16.9. The van der Waals surface area contributed by atoms with Crippen molar-refractivity contribution in [2.45, 2.75) is 146 Å². The normalized spacial score (nSPS) is 43.0. The van der Waals surface area contributed by atoms with Crippen molar-refractivity contribution in [1.29, 1.82) is 0 Å². The number of nitrogens with one attached hydrogen (secondary N) is 1. The van der Waals surface area contributed by atoms with Crippen molar-refractivity contribution in [3.63, 3.8) is 0 Å². The van der Waals surface area contributed by atoms with Crippen LogP contribution >= 0.6 is 11.6 Å². The van der Waals surface area contributed by atoms with Crippen LogP contribution in [0.15, 0.2) is 0 Å². The van der Waals surface area contributed by atoms with E-state index in [9.17, 15) is 10.2 Å². The van der Waals surface area contributed by atoms with E-state index in [1.54, 1.807) is 0 Å². The van der Waals surface area contributed by atoms with Gasteiger partial charge in [-0.2, -0.15) is 0 Å². The first kappa shape index (κ1) is 32.4. The molecule has 2 saturated carbocycles. The van der Waals surface area contributed by atoms with Crippen LogP contribution in [0, 0.1) is 29.1 Å². The van der Waals surface area contributed by atoms with Crippen molar-refractivity contribution in [2.24, 2.45) is 34.8 Å². The van der Waals surface area contributed by atoms with Crippen LogP contribution in [-0.4, -0.2) is 89.0 Å². The quantitative estimate of drug-likeness (QED) is 0.239. The Morgan fingerprint density at radius 1 is 1.12 bits per heavy atom. The highest BCUT2D eigenvalue weighted by Gasteiger charge is 2.52. The average Bonchev–Trinajstić information content (AvgIpc) is 3.07. The molecule has 0 spiro atoms. The highest BCUT2D eigenvalue weighted by molar-refractivity contribution is 6.20. The summed E-state index contributed by atoms with van der Waals surface area (Å²) in [5.41, 5.74) is 4.39. The summed E-state index contributed by atoms with van der Waals surface area (Å²) in [7, 11) is 0. The van der Waals surface area contributed by atoms with Crippen LogP contribution < -0.4 is 11.1 Å². The van der Waals surface area contributed by atoms with E-state index in [4.69, 9.17) is 26.8 Å². The molecule has 0 radical (unpaired) electrons. The summed E-state index contributed by atoms with van der Waals surface area (Å²) < 4.78 is 13.0. The fourth-order valence-electron chi connectivity index (χ4n) is 9.52. The van der Waals surface area contributed by atoms with Crippen molar-refractivity contribution in [1.82, 2.24) is 10.2 Å². The van der Waals surface area contributed by atoms with E-state index in [2.05, 4.69) is 24.1 Å². The second kappa shape index (κ2) is 13.2. The minimum absolute atomic E-state index is 0.109. The molecule has 3 aliphatic heterocycles. The Morgan fingerprint density at radius 3 is 2.59 bits per heavy atom. The van der Waals surface area contributed by atoms with E-state index in [0.29, 0.717) is 35.8 Å². The van der Waals surface area contributed by atoms with Crippen molar-refractivity contribution in [2.75, 3.05) is 32.8 Å². The molecule has 8 heteroatoms. The van der Waals surface area contributed by atoms with E-state index in [1.807, 2.05) is 13.8 Å². The molecule has 5 rings (SSSR count). The Morgan fingerprint density at radius 2 is 1.88 bits per heavy atom. The SMILES string of the molecule is CC(C)(OC1CCC2OC[C@H]3NCCCC3[C@@H](CCCN3CCC(O)(C4CCC(Cl)CC4)C(C)(C)C3)[C@H]2C1)C(N)O. The number of hydrogen-bond donors (Lipinski definition) is 4. The number of fused-ring (bicyclic) bond motifs is 2. The van der Waals surface area contributed by atoms with E-state index in [0.717, 1.165) is 84.2 Å². The Balaban J connectivity index is 1.22. The number of halogens is 1. The zero-order valence-electron chi connectivity index (χ0n) is 26.3. The number of rotatable bonds is 8. The molecule has 41 heavy (non-hydrogen) atoms. The summed E-state index contributed by atoms with van der Waals surface area (Å²) in [5.74, 6) is 2.11. The lowest BCUT2D eigenvalue weighted by atomic mass is 9.60. The number of hydrogen-bond acceptors (Lipinski definition) is 7. The predicted molar refractivity (Wildman–Crippen MR) is 165 cm³/mol. The van der Waals surface area contributed by atoms with Gasteiger partial charge < -0.3 is 35.6 Å². The number of nitrogens with zero attached hydrogens (tertiary/aromatic N) is 1. The summed E-state index contributed by atoms with van der Waals surface area (Å²) >= 11 is 6.40. The van der Waals surface area contributed by atoms with Crippen LogP contribution in [0.1, 0.15) is 105 Å². The van der Waals surface area contributed by atoms with E-state index >= 15 is 0 Å². The number of likely N-dealkylation sites (tertiary alicyclic amines) is 1. The minimum atomic E-state index is -0.991. The Labute approximate surface area is 254 Å². The Hall–Kier alpha value is 0.01000. The van der Waals surface area contributed by atoms with Crippen LogP contribution in [0.25, 0.3) is 0 Å². The highest BCUT2D eigenvalue weighted by atomic mass is 35.5. The van der Waals surface area contributed by atoms with Crippen molar-refractivity contribution < 1.29 is 19.7 Å². The molecule has 0 aromatic carbocycles. The van der Waals surface area contributed by atoms with Crippen molar-refractivity contribution in [3.8, 4) is 0 Å². The predicted octanol–water partition coefficient (Wildman–Crippen LogP) is 4.65. The molecular weight excluding hydrogens is 538 g/mol. The Kier molecular flexibility index (Phi) is 10.4. The van der Waals surface area contributed by atoms with Gasteiger partial charge >= 0.3 is 0 Å². The number of nitrogens with two attached hydrogens (primary N) is 1. The molecule has 0 aromatic rings. The van der Waals surface area contributed by atoms with Crippen LogP contribution in [-0.2, 0) is 9.47 Å². The first-order chi connectivity index (χ1) is 19.4. The fraction of sp³-hybridized carbons (Fsp3) is 1.00. The van der Waals surface area contributed by atoms with Crippen LogP contribution in [0.5, 0.6) is 0 Å². The second-order valence-corrected chi connectivity index (χ2v) is 16.2. The summed E-state index contributed by atoms with van der Waals surface area (Å²) in [6.45, 7) is 13.3. The fourth-order valence-corrected chi connectivity index (χ4v) is 9.77. The lowest BCUT2D eigenvalue weighted by Gasteiger charge is -2.55. The van der Waals surface area contributed by atoms with Crippen LogP contribution in [0.4, 0.5) is 0 Å².